The predicted octanol–water partition coefficient (Wildman–Crippen LogP) is 1.43. The number of nitrogens with one attached hydrogen (secondary N) is 1. The van der Waals surface area contributed by atoms with Crippen molar-refractivity contribution in [1.82, 2.24) is 14.9 Å². The third kappa shape index (κ3) is 5.95. The lowest BCUT2D eigenvalue weighted by Crippen LogP contribution is -2.47. The molecule has 0 bridgehead atoms. The maximum absolute atomic E-state index is 6.00. The van der Waals surface area contributed by atoms with Crippen LogP contribution in [0.15, 0.2) is 41.7 Å². The lowest BCUT2D eigenvalue weighted by Gasteiger charge is -2.34. The van der Waals surface area contributed by atoms with E-state index in [0.29, 0.717) is 24.0 Å². The fraction of sp³-hybridized carbons (Fsp3) is 0.450. The summed E-state index contributed by atoms with van der Waals surface area (Å²) >= 11 is 0. The van der Waals surface area contributed by atoms with E-state index < -0.39 is 0 Å². The quantitative estimate of drug-likeness (QED) is 0.391. The summed E-state index contributed by atoms with van der Waals surface area (Å²) in [6, 6.07) is 7.37. The third-order valence-electron chi connectivity index (χ3n) is 4.78. The summed E-state index contributed by atoms with van der Waals surface area (Å²) in [6.45, 7) is 5.56. The molecule has 0 radical (unpaired) electrons. The number of ether oxygens (including phenoxy) is 2. The number of guanidine groups is 1. The van der Waals surface area contributed by atoms with Crippen molar-refractivity contribution in [3.8, 4) is 11.5 Å². The van der Waals surface area contributed by atoms with E-state index in [-0.39, 0.29) is 0 Å². The number of rotatable bonds is 8. The number of benzene rings is 1. The van der Waals surface area contributed by atoms with Crippen molar-refractivity contribution < 1.29 is 9.47 Å². The van der Waals surface area contributed by atoms with Crippen LogP contribution in [-0.4, -0.2) is 74.3 Å². The summed E-state index contributed by atoms with van der Waals surface area (Å²) in [5, 5.41) is 3.09. The maximum Gasteiger partial charge on any atom is 0.225 e. The van der Waals surface area contributed by atoms with Crippen molar-refractivity contribution in [3.05, 3.63) is 36.7 Å². The molecule has 0 atom stereocenters. The molecule has 9 nitrogen and oxygen atoms in total. The fourth-order valence-electron chi connectivity index (χ4n) is 3.22. The van der Waals surface area contributed by atoms with Gasteiger partial charge in [0, 0.05) is 63.4 Å². The van der Waals surface area contributed by atoms with Crippen LogP contribution in [0.2, 0.25) is 0 Å². The normalized spacial score (nSPS) is 15.2. The molecule has 1 aliphatic rings. The van der Waals surface area contributed by atoms with Gasteiger partial charge in [0.25, 0.3) is 0 Å². The van der Waals surface area contributed by atoms with Crippen LogP contribution in [0, 0.1) is 0 Å². The summed E-state index contributed by atoms with van der Waals surface area (Å²) < 4.78 is 10.5. The first-order valence-corrected chi connectivity index (χ1v) is 9.73. The SMILES string of the molecule is COc1ccc(NC(N)=NCCCN2CCN(c3ncccn3)CC2)cc1OC. The van der Waals surface area contributed by atoms with Gasteiger partial charge in [-0.25, -0.2) is 9.97 Å². The molecule has 156 valence electrons. The molecular formula is C20H29N7O2. The van der Waals surface area contributed by atoms with Crippen LogP contribution in [0.25, 0.3) is 0 Å². The molecule has 3 rings (SSSR count). The molecule has 3 N–H and O–H groups in total. The van der Waals surface area contributed by atoms with Gasteiger partial charge in [-0.1, -0.05) is 0 Å². The first kappa shape index (κ1) is 20.7. The highest BCUT2D eigenvalue weighted by Crippen LogP contribution is 2.29. The minimum Gasteiger partial charge on any atom is -0.493 e. The second kappa shape index (κ2) is 10.5. The van der Waals surface area contributed by atoms with E-state index in [9.17, 15) is 0 Å². The van der Waals surface area contributed by atoms with E-state index in [1.807, 2.05) is 24.3 Å². The van der Waals surface area contributed by atoms with Crippen LogP contribution in [0.3, 0.4) is 0 Å². The molecule has 0 spiro atoms. The Morgan fingerprint density at radius 3 is 2.52 bits per heavy atom. The summed E-state index contributed by atoms with van der Waals surface area (Å²) in [6.07, 6.45) is 4.52. The lowest BCUT2D eigenvalue weighted by atomic mass is 10.3. The minimum atomic E-state index is 0.392. The van der Waals surface area contributed by atoms with Crippen LogP contribution in [0.1, 0.15) is 6.42 Å². The highest BCUT2D eigenvalue weighted by molar-refractivity contribution is 5.92. The first-order valence-electron chi connectivity index (χ1n) is 9.73. The van der Waals surface area contributed by atoms with Gasteiger partial charge in [0.2, 0.25) is 5.95 Å². The number of methoxy groups -OCH3 is 2. The molecule has 0 unspecified atom stereocenters. The van der Waals surface area contributed by atoms with Gasteiger partial charge >= 0.3 is 0 Å². The second-order valence-corrected chi connectivity index (χ2v) is 6.69. The minimum absolute atomic E-state index is 0.392. The van der Waals surface area contributed by atoms with Crippen LogP contribution in [-0.2, 0) is 0 Å². The van der Waals surface area contributed by atoms with Gasteiger partial charge in [0.15, 0.2) is 17.5 Å². The van der Waals surface area contributed by atoms with E-state index >= 15 is 0 Å². The van der Waals surface area contributed by atoms with Crippen molar-refractivity contribution >= 4 is 17.6 Å². The number of hydrogen-bond donors (Lipinski definition) is 2. The Kier molecular flexibility index (Phi) is 7.46. The average molecular weight is 399 g/mol. The molecule has 0 aliphatic carbocycles. The fourth-order valence-corrected chi connectivity index (χ4v) is 3.22. The molecule has 1 aromatic carbocycles. The second-order valence-electron chi connectivity index (χ2n) is 6.69. The molecule has 2 heterocycles. The van der Waals surface area contributed by atoms with Crippen molar-refractivity contribution in [2.45, 2.75) is 6.42 Å². The van der Waals surface area contributed by atoms with Gasteiger partial charge in [-0.2, -0.15) is 0 Å². The number of aliphatic imine (C=N–C) groups is 1. The van der Waals surface area contributed by atoms with Crippen molar-refractivity contribution in [3.63, 3.8) is 0 Å². The third-order valence-corrected chi connectivity index (χ3v) is 4.78. The van der Waals surface area contributed by atoms with E-state index in [1.54, 1.807) is 26.6 Å². The van der Waals surface area contributed by atoms with Gasteiger partial charge in [-0.05, 0) is 24.6 Å². The Hall–Kier alpha value is -3.07. The lowest BCUT2D eigenvalue weighted by molar-refractivity contribution is 0.255. The topological polar surface area (TPSA) is 101 Å². The smallest absolute Gasteiger partial charge is 0.225 e. The molecule has 0 saturated carbocycles. The predicted molar refractivity (Wildman–Crippen MR) is 115 cm³/mol. The highest BCUT2D eigenvalue weighted by Gasteiger charge is 2.18. The van der Waals surface area contributed by atoms with E-state index in [1.165, 1.54) is 0 Å². The van der Waals surface area contributed by atoms with Gasteiger partial charge < -0.3 is 25.4 Å². The van der Waals surface area contributed by atoms with Crippen LogP contribution < -0.4 is 25.4 Å². The van der Waals surface area contributed by atoms with Gasteiger partial charge in [-0.3, -0.25) is 9.89 Å². The van der Waals surface area contributed by atoms with Gasteiger partial charge in [0.05, 0.1) is 14.2 Å². The Morgan fingerprint density at radius 1 is 1.10 bits per heavy atom. The molecule has 9 heteroatoms. The van der Waals surface area contributed by atoms with Crippen LogP contribution in [0.4, 0.5) is 11.6 Å². The zero-order valence-electron chi connectivity index (χ0n) is 17.0. The molecular weight excluding hydrogens is 370 g/mol. The number of piperazine rings is 1. The summed E-state index contributed by atoms with van der Waals surface area (Å²) in [5.74, 6) is 2.52. The molecule has 1 aromatic heterocycles. The standard InChI is InChI=1S/C20H29N7O2/c1-28-17-6-5-16(15-18(17)29-2)25-19(21)22-9-4-10-26-11-13-27(14-12-26)20-23-7-3-8-24-20/h3,5-8,15H,4,9-14H2,1-2H3,(H3,21,22,25). The number of anilines is 2. The Labute approximate surface area is 171 Å². The first-order chi connectivity index (χ1) is 14.2. The molecule has 0 amide bonds. The van der Waals surface area contributed by atoms with E-state index in [0.717, 1.165) is 50.8 Å². The maximum atomic E-state index is 6.00. The molecule has 1 aliphatic heterocycles. The van der Waals surface area contributed by atoms with Gasteiger partial charge in [-0.15, -0.1) is 0 Å². The summed E-state index contributed by atoms with van der Waals surface area (Å²) in [4.78, 5) is 17.7. The van der Waals surface area contributed by atoms with Crippen LogP contribution >= 0.6 is 0 Å². The van der Waals surface area contributed by atoms with Crippen molar-refractivity contribution in [2.24, 2.45) is 10.7 Å². The van der Waals surface area contributed by atoms with Crippen LogP contribution in [0.5, 0.6) is 11.5 Å². The number of aromatic nitrogens is 2. The Balaban J connectivity index is 1.38. The highest BCUT2D eigenvalue weighted by atomic mass is 16.5. The number of nitrogens with two attached hydrogens (primary N) is 1. The Bertz CT molecular complexity index is 793. The summed E-state index contributed by atoms with van der Waals surface area (Å²) in [5.41, 5.74) is 6.81. The molecule has 1 saturated heterocycles. The Morgan fingerprint density at radius 2 is 1.83 bits per heavy atom. The molecule has 29 heavy (non-hydrogen) atoms. The van der Waals surface area contributed by atoms with Gasteiger partial charge in [0.1, 0.15) is 0 Å². The average Bonchev–Trinajstić information content (AvgIpc) is 2.77. The van der Waals surface area contributed by atoms with E-state index in [4.69, 9.17) is 15.2 Å². The van der Waals surface area contributed by atoms with Crippen molar-refractivity contribution in [1.29, 1.82) is 0 Å². The number of hydrogen-bond acceptors (Lipinski definition) is 7. The monoisotopic (exact) mass is 399 g/mol. The van der Waals surface area contributed by atoms with E-state index in [2.05, 4.69) is 30.1 Å². The van der Waals surface area contributed by atoms with Crippen molar-refractivity contribution in [2.75, 3.05) is 63.7 Å². The molecule has 2 aromatic rings. The zero-order chi connectivity index (χ0) is 20.5. The zero-order valence-corrected chi connectivity index (χ0v) is 17.0. The summed E-state index contributed by atoms with van der Waals surface area (Å²) in [7, 11) is 3.21. The molecule has 1 fully saturated rings. The number of nitrogens with zero attached hydrogens (tertiary/aromatic N) is 5. The largest absolute Gasteiger partial charge is 0.493 e.